The van der Waals surface area contributed by atoms with E-state index in [0.717, 1.165) is 87.3 Å². The van der Waals surface area contributed by atoms with Crippen LogP contribution in [0.3, 0.4) is 0 Å². The Hall–Kier alpha value is -1.75. The van der Waals surface area contributed by atoms with E-state index in [2.05, 4.69) is 27.7 Å². The SMILES string of the molecule is CCCCCCCOOc1c(O)c(C(=O)O)c(CCCCCCC)c(CCCCCCC)c1CCCCCCC. The maximum atomic E-state index is 12.6. The molecule has 0 aliphatic heterocycles. The van der Waals surface area contributed by atoms with Crippen LogP contribution in [-0.4, -0.2) is 22.8 Å². The van der Waals surface area contributed by atoms with Crippen molar-refractivity contribution in [2.24, 2.45) is 0 Å². The summed E-state index contributed by atoms with van der Waals surface area (Å²) in [5.41, 5.74) is 2.92. The van der Waals surface area contributed by atoms with Gasteiger partial charge in [-0.2, -0.15) is 4.89 Å². The lowest BCUT2D eigenvalue weighted by molar-refractivity contribution is -0.208. The molecule has 40 heavy (non-hydrogen) atoms. The van der Waals surface area contributed by atoms with E-state index < -0.39 is 5.97 Å². The van der Waals surface area contributed by atoms with E-state index in [9.17, 15) is 15.0 Å². The van der Waals surface area contributed by atoms with E-state index in [4.69, 9.17) is 9.78 Å². The quantitative estimate of drug-likeness (QED) is 0.0633. The fraction of sp³-hybridized carbons (Fsp3) is 0.800. The zero-order valence-corrected chi connectivity index (χ0v) is 26.6. The van der Waals surface area contributed by atoms with E-state index in [-0.39, 0.29) is 17.1 Å². The molecule has 0 heterocycles. The summed E-state index contributed by atoms with van der Waals surface area (Å²) in [5, 5.41) is 21.6. The lowest BCUT2D eigenvalue weighted by Gasteiger charge is -2.23. The fourth-order valence-corrected chi connectivity index (χ4v) is 5.61. The van der Waals surface area contributed by atoms with E-state index in [1.54, 1.807) is 0 Å². The topological polar surface area (TPSA) is 76.0 Å². The highest BCUT2D eigenvalue weighted by Gasteiger charge is 2.28. The zero-order valence-electron chi connectivity index (χ0n) is 26.6. The minimum Gasteiger partial charge on any atom is -0.504 e. The number of unbranched alkanes of at least 4 members (excludes halogenated alkanes) is 16. The van der Waals surface area contributed by atoms with Gasteiger partial charge in [0.1, 0.15) is 5.56 Å². The summed E-state index contributed by atoms with van der Waals surface area (Å²) in [6, 6.07) is 0. The first-order valence-corrected chi connectivity index (χ1v) is 16.9. The number of carboxylic acid groups (broad SMARTS) is 1. The van der Waals surface area contributed by atoms with Crippen molar-refractivity contribution in [3.8, 4) is 11.5 Å². The molecule has 0 atom stereocenters. The van der Waals surface area contributed by atoms with E-state index in [1.807, 2.05) is 0 Å². The van der Waals surface area contributed by atoms with E-state index >= 15 is 0 Å². The Morgan fingerprint density at radius 3 is 1.40 bits per heavy atom. The monoisotopic (exact) mass is 562 g/mol. The minimum atomic E-state index is -1.08. The molecule has 0 aliphatic carbocycles. The highest BCUT2D eigenvalue weighted by molar-refractivity contribution is 5.94. The van der Waals surface area contributed by atoms with Crippen LogP contribution in [0.1, 0.15) is 183 Å². The molecular formula is C35H62O5. The van der Waals surface area contributed by atoms with Gasteiger partial charge in [-0.15, -0.1) is 0 Å². The van der Waals surface area contributed by atoms with Crippen molar-refractivity contribution in [2.75, 3.05) is 6.61 Å². The van der Waals surface area contributed by atoms with Gasteiger partial charge in [0.2, 0.25) is 5.75 Å². The first kappa shape index (κ1) is 36.3. The first-order valence-electron chi connectivity index (χ1n) is 16.9. The Morgan fingerprint density at radius 2 is 0.950 bits per heavy atom. The average molecular weight is 563 g/mol. The molecule has 0 spiro atoms. The second-order valence-electron chi connectivity index (χ2n) is 11.6. The number of aromatic carboxylic acids is 1. The molecule has 0 unspecified atom stereocenters. The molecule has 0 amide bonds. The second-order valence-corrected chi connectivity index (χ2v) is 11.6. The lowest BCUT2D eigenvalue weighted by Crippen LogP contribution is -2.14. The number of aromatic hydroxyl groups is 1. The summed E-state index contributed by atoms with van der Waals surface area (Å²) < 4.78 is 0. The second kappa shape index (κ2) is 23.9. The molecule has 0 aromatic heterocycles. The van der Waals surface area contributed by atoms with Crippen molar-refractivity contribution >= 4 is 5.97 Å². The van der Waals surface area contributed by atoms with Crippen LogP contribution in [0, 0.1) is 0 Å². The third-order valence-electron chi connectivity index (χ3n) is 8.03. The Balaban J connectivity index is 3.34. The zero-order chi connectivity index (χ0) is 29.4. The average Bonchev–Trinajstić information content (AvgIpc) is 2.94. The molecule has 0 saturated carbocycles. The predicted molar refractivity (Wildman–Crippen MR) is 168 cm³/mol. The molecule has 0 aliphatic rings. The van der Waals surface area contributed by atoms with E-state index in [1.165, 1.54) is 70.6 Å². The van der Waals surface area contributed by atoms with Gasteiger partial charge in [-0.3, -0.25) is 0 Å². The number of hydrogen-bond donors (Lipinski definition) is 2. The third-order valence-corrected chi connectivity index (χ3v) is 8.03. The van der Waals surface area contributed by atoms with Gasteiger partial charge in [0.05, 0.1) is 6.61 Å². The smallest absolute Gasteiger partial charge is 0.339 e. The highest BCUT2D eigenvalue weighted by Crippen LogP contribution is 2.42. The van der Waals surface area contributed by atoms with Gasteiger partial charge in [0.15, 0.2) is 5.75 Å². The number of carboxylic acids is 1. The molecular weight excluding hydrogens is 500 g/mol. The van der Waals surface area contributed by atoms with Gasteiger partial charge >= 0.3 is 5.97 Å². The largest absolute Gasteiger partial charge is 0.504 e. The number of benzene rings is 1. The summed E-state index contributed by atoms with van der Waals surface area (Å²) in [5.74, 6) is -1.08. The summed E-state index contributed by atoms with van der Waals surface area (Å²) >= 11 is 0. The number of carbonyl (C=O) groups is 1. The molecule has 5 heteroatoms. The summed E-state index contributed by atoms with van der Waals surface area (Å²) in [6.45, 7) is 9.28. The van der Waals surface area contributed by atoms with Crippen molar-refractivity contribution in [2.45, 2.75) is 175 Å². The maximum Gasteiger partial charge on any atom is 0.339 e. The van der Waals surface area contributed by atoms with Crippen LogP contribution in [0.4, 0.5) is 0 Å². The molecule has 0 bridgehead atoms. The van der Waals surface area contributed by atoms with Gasteiger partial charge in [-0.1, -0.05) is 130 Å². The van der Waals surface area contributed by atoms with Gasteiger partial charge in [-0.05, 0) is 56.1 Å². The van der Waals surface area contributed by atoms with Crippen LogP contribution >= 0.6 is 0 Å². The first-order chi connectivity index (χ1) is 19.5. The molecule has 1 aromatic carbocycles. The maximum absolute atomic E-state index is 12.6. The van der Waals surface area contributed by atoms with Gasteiger partial charge in [0, 0.05) is 5.56 Å². The molecule has 1 aromatic rings. The van der Waals surface area contributed by atoms with Crippen LogP contribution in [-0.2, 0) is 24.2 Å². The van der Waals surface area contributed by atoms with Crippen molar-refractivity contribution in [1.29, 1.82) is 0 Å². The Morgan fingerprint density at radius 1 is 0.550 bits per heavy atom. The van der Waals surface area contributed by atoms with Crippen molar-refractivity contribution in [3.63, 3.8) is 0 Å². The molecule has 2 N–H and O–H groups in total. The molecule has 0 fully saturated rings. The minimum absolute atomic E-state index is 0.0235. The van der Waals surface area contributed by atoms with Gasteiger partial charge < -0.3 is 15.1 Å². The van der Waals surface area contributed by atoms with Crippen LogP contribution < -0.4 is 4.89 Å². The molecule has 1 rings (SSSR count). The van der Waals surface area contributed by atoms with Crippen LogP contribution in [0.5, 0.6) is 11.5 Å². The lowest BCUT2D eigenvalue weighted by atomic mass is 9.85. The highest BCUT2D eigenvalue weighted by atomic mass is 17.2. The molecule has 232 valence electrons. The van der Waals surface area contributed by atoms with E-state index in [0.29, 0.717) is 13.0 Å². The summed E-state index contributed by atoms with van der Waals surface area (Å²) in [7, 11) is 0. The summed E-state index contributed by atoms with van der Waals surface area (Å²) in [6.07, 6.45) is 24.9. The summed E-state index contributed by atoms with van der Waals surface area (Å²) in [4.78, 5) is 24.0. The normalized spacial score (nSPS) is 11.3. The molecule has 0 radical (unpaired) electrons. The predicted octanol–water partition coefficient (Wildman–Crippen LogP) is 10.9. The van der Waals surface area contributed by atoms with Crippen LogP contribution in [0.15, 0.2) is 0 Å². The number of hydrogen-bond acceptors (Lipinski definition) is 4. The Labute approximate surface area is 246 Å². The molecule has 0 saturated heterocycles. The van der Waals surface area contributed by atoms with Gasteiger partial charge in [0.25, 0.3) is 0 Å². The molecule has 5 nitrogen and oxygen atoms in total. The standard InChI is InChI=1S/C35H62O5/c1-5-9-13-17-21-25-29-30(26-22-18-14-10-6-2)32(35(37)38)33(36)34(31(29)27-23-19-15-11-7-3)40-39-28-24-20-16-12-8-4/h36H,5-28H2,1-4H3,(H,37,38). The van der Waals surface area contributed by atoms with Crippen LogP contribution in [0.25, 0.3) is 0 Å². The van der Waals surface area contributed by atoms with Crippen molar-refractivity contribution < 1.29 is 24.8 Å². The van der Waals surface area contributed by atoms with Gasteiger partial charge in [-0.25, -0.2) is 4.79 Å². The number of phenols is 1. The van der Waals surface area contributed by atoms with Crippen LogP contribution in [0.2, 0.25) is 0 Å². The fourth-order valence-electron chi connectivity index (χ4n) is 5.61. The Bertz CT molecular complexity index is 789. The number of rotatable bonds is 27. The van der Waals surface area contributed by atoms with Crippen molar-refractivity contribution in [3.05, 3.63) is 22.3 Å². The Kier molecular flexibility index (Phi) is 21.7. The third kappa shape index (κ3) is 14.2. The van der Waals surface area contributed by atoms with Crippen molar-refractivity contribution in [1.82, 2.24) is 0 Å².